The maximum atomic E-state index is 11.5. The second kappa shape index (κ2) is 9.48. The van der Waals surface area contributed by atoms with E-state index in [1.165, 1.54) is 25.5 Å². The molecular formula is C15H18ClN3O6. The molecule has 0 spiro atoms. The van der Waals surface area contributed by atoms with Crippen LogP contribution in [0.2, 0.25) is 5.02 Å². The highest BCUT2D eigenvalue weighted by molar-refractivity contribution is 6.35. The van der Waals surface area contributed by atoms with Crippen molar-refractivity contribution in [1.82, 2.24) is 10.7 Å². The van der Waals surface area contributed by atoms with E-state index in [1.807, 2.05) is 0 Å². The zero-order valence-corrected chi connectivity index (χ0v) is 14.6. The van der Waals surface area contributed by atoms with Gasteiger partial charge in [0.1, 0.15) is 0 Å². The van der Waals surface area contributed by atoms with Crippen LogP contribution in [0.4, 0.5) is 0 Å². The molecule has 0 atom stereocenters. The summed E-state index contributed by atoms with van der Waals surface area (Å²) in [5.41, 5.74) is 2.51. The molecule has 25 heavy (non-hydrogen) atoms. The van der Waals surface area contributed by atoms with E-state index in [9.17, 15) is 14.4 Å². The Morgan fingerprint density at radius 3 is 2.56 bits per heavy atom. The third-order valence-electron chi connectivity index (χ3n) is 2.60. The molecule has 2 amide bonds. The maximum Gasteiger partial charge on any atom is 0.341 e. The lowest BCUT2D eigenvalue weighted by atomic mass is 10.2. The largest absolute Gasteiger partial charge is 0.493 e. The van der Waals surface area contributed by atoms with E-state index in [2.05, 4.69) is 15.8 Å². The number of nitrogens with zero attached hydrogens (tertiary/aromatic N) is 1. The fourth-order valence-corrected chi connectivity index (χ4v) is 1.91. The average molecular weight is 372 g/mol. The fourth-order valence-electron chi connectivity index (χ4n) is 1.63. The average Bonchev–Trinajstić information content (AvgIpc) is 2.52. The third-order valence-corrected chi connectivity index (χ3v) is 2.88. The molecule has 1 aromatic rings. The lowest BCUT2D eigenvalue weighted by Crippen LogP contribution is -2.41. The predicted molar refractivity (Wildman–Crippen MR) is 90.2 cm³/mol. The molecule has 0 saturated carbocycles. The predicted octanol–water partition coefficient (Wildman–Crippen LogP) is 0.787. The fraction of sp³-hybridized carbons (Fsp3) is 0.333. The summed E-state index contributed by atoms with van der Waals surface area (Å²) in [6, 6.07) is 2.74. The molecule has 0 aliphatic heterocycles. The van der Waals surface area contributed by atoms with Crippen molar-refractivity contribution in [2.45, 2.75) is 19.9 Å². The minimum Gasteiger partial charge on any atom is -0.493 e. The lowest BCUT2D eigenvalue weighted by molar-refractivity contribution is -0.139. The highest BCUT2D eigenvalue weighted by Gasteiger charge is 2.14. The standard InChI is InChI=1S/C15H18ClN3O6/c1-8(2)18-14(22)15(23)19-17-6-9-4-10(16)13(11(5-9)24-3)25-7-12(20)21/h4-6,8H,7H2,1-3H3,(H,18,22)(H,19,23)(H,20,21)/b17-6-. The number of aliphatic carboxylic acids is 1. The molecule has 1 aromatic carbocycles. The zero-order chi connectivity index (χ0) is 19.0. The normalized spacial score (nSPS) is 10.6. The van der Waals surface area contributed by atoms with E-state index in [-0.39, 0.29) is 22.6 Å². The number of benzene rings is 1. The van der Waals surface area contributed by atoms with Crippen LogP contribution in [0, 0.1) is 0 Å². The maximum absolute atomic E-state index is 11.5. The summed E-state index contributed by atoms with van der Waals surface area (Å²) in [7, 11) is 1.36. The Balaban J connectivity index is 2.82. The van der Waals surface area contributed by atoms with Gasteiger partial charge in [0, 0.05) is 6.04 Å². The molecule has 0 radical (unpaired) electrons. The number of rotatable bonds is 7. The summed E-state index contributed by atoms with van der Waals surface area (Å²) >= 11 is 6.03. The summed E-state index contributed by atoms with van der Waals surface area (Å²) in [6.07, 6.45) is 1.25. The van der Waals surface area contributed by atoms with E-state index in [1.54, 1.807) is 13.8 Å². The van der Waals surface area contributed by atoms with Crippen LogP contribution in [-0.4, -0.2) is 48.9 Å². The Morgan fingerprint density at radius 2 is 2.00 bits per heavy atom. The van der Waals surface area contributed by atoms with Crippen molar-refractivity contribution in [2.75, 3.05) is 13.7 Å². The van der Waals surface area contributed by atoms with Gasteiger partial charge in [-0.2, -0.15) is 5.10 Å². The highest BCUT2D eigenvalue weighted by Crippen LogP contribution is 2.35. The van der Waals surface area contributed by atoms with Crippen molar-refractivity contribution >= 4 is 35.6 Å². The first kappa shape index (κ1) is 20.2. The minimum atomic E-state index is -1.16. The summed E-state index contributed by atoms with van der Waals surface area (Å²) in [5.74, 6) is -2.61. The van der Waals surface area contributed by atoms with E-state index in [0.29, 0.717) is 5.56 Å². The van der Waals surface area contributed by atoms with E-state index in [0.717, 1.165) is 0 Å². The van der Waals surface area contributed by atoms with Crippen LogP contribution < -0.4 is 20.2 Å². The summed E-state index contributed by atoms with van der Waals surface area (Å²) in [5, 5.41) is 14.8. The van der Waals surface area contributed by atoms with Gasteiger partial charge < -0.3 is 19.9 Å². The number of halogens is 1. The summed E-state index contributed by atoms with van der Waals surface area (Å²) in [4.78, 5) is 33.5. The number of hydrazone groups is 1. The van der Waals surface area contributed by atoms with Crippen LogP contribution in [0.1, 0.15) is 19.4 Å². The molecule has 0 aliphatic rings. The number of ether oxygens (including phenoxy) is 2. The second-order valence-electron chi connectivity index (χ2n) is 5.04. The Labute approximate surface area is 148 Å². The topological polar surface area (TPSA) is 126 Å². The van der Waals surface area contributed by atoms with Gasteiger partial charge in [-0.15, -0.1) is 0 Å². The van der Waals surface area contributed by atoms with Gasteiger partial charge in [0.15, 0.2) is 18.1 Å². The molecule has 0 aromatic heterocycles. The van der Waals surface area contributed by atoms with Crippen molar-refractivity contribution < 1.29 is 29.0 Å². The Morgan fingerprint density at radius 1 is 1.32 bits per heavy atom. The smallest absolute Gasteiger partial charge is 0.341 e. The molecule has 136 valence electrons. The minimum absolute atomic E-state index is 0.0732. The molecule has 0 unspecified atom stereocenters. The lowest BCUT2D eigenvalue weighted by Gasteiger charge is -2.11. The number of carboxylic acid groups (broad SMARTS) is 1. The first-order valence-corrected chi connectivity index (χ1v) is 7.48. The number of hydrogen-bond acceptors (Lipinski definition) is 6. The quantitative estimate of drug-likeness (QED) is 0.369. The second-order valence-corrected chi connectivity index (χ2v) is 5.45. The van der Waals surface area contributed by atoms with Crippen LogP contribution in [0.5, 0.6) is 11.5 Å². The molecule has 0 fully saturated rings. The van der Waals surface area contributed by atoms with Gasteiger partial charge in [0.25, 0.3) is 0 Å². The van der Waals surface area contributed by atoms with Crippen LogP contribution in [-0.2, 0) is 14.4 Å². The molecule has 0 saturated heterocycles. The molecular weight excluding hydrogens is 354 g/mol. The van der Waals surface area contributed by atoms with Gasteiger partial charge in [0.05, 0.1) is 18.3 Å². The van der Waals surface area contributed by atoms with Gasteiger partial charge >= 0.3 is 17.8 Å². The molecule has 9 nitrogen and oxygen atoms in total. The summed E-state index contributed by atoms with van der Waals surface area (Å²) in [6.45, 7) is 2.86. The number of nitrogens with one attached hydrogen (secondary N) is 2. The van der Waals surface area contributed by atoms with Crippen molar-refractivity contribution in [1.29, 1.82) is 0 Å². The third kappa shape index (κ3) is 6.68. The van der Waals surface area contributed by atoms with Gasteiger partial charge in [-0.05, 0) is 31.5 Å². The molecule has 1 rings (SSSR count). The Hall–Kier alpha value is -2.81. The van der Waals surface area contributed by atoms with Gasteiger partial charge in [-0.3, -0.25) is 9.59 Å². The number of carbonyl (C=O) groups excluding carboxylic acids is 2. The molecule has 0 heterocycles. The van der Waals surface area contributed by atoms with E-state index < -0.39 is 24.4 Å². The van der Waals surface area contributed by atoms with Gasteiger partial charge in [0.2, 0.25) is 0 Å². The number of carboxylic acids is 1. The Bertz CT molecular complexity index is 690. The number of methoxy groups -OCH3 is 1. The van der Waals surface area contributed by atoms with E-state index >= 15 is 0 Å². The highest BCUT2D eigenvalue weighted by atomic mass is 35.5. The summed E-state index contributed by atoms with van der Waals surface area (Å²) < 4.78 is 10.2. The van der Waals surface area contributed by atoms with Gasteiger partial charge in [-0.1, -0.05) is 11.6 Å². The van der Waals surface area contributed by atoms with Crippen molar-refractivity contribution in [3.63, 3.8) is 0 Å². The van der Waals surface area contributed by atoms with Crippen molar-refractivity contribution in [3.05, 3.63) is 22.7 Å². The first-order chi connectivity index (χ1) is 11.7. The first-order valence-electron chi connectivity index (χ1n) is 7.10. The van der Waals surface area contributed by atoms with Gasteiger partial charge in [-0.25, -0.2) is 10.2 Å². The number of hydrogen-bond donors (Lipinski definition) is 3. The van der Waals surface area contributed by atoms with Crippen LogP contribution in [0.25, 0.3) is 0 Å². The monoisotopic (exact) mass is 371 g/mol. The van der Waals surface area contributed by atoms with Crippen molar-refractivity contribution in [3.8, 4) is 11.5 Å². The SMILES string of the molecule is COc1cc(/C=N\NC(=O)C(=O)NC(C)C)cc(Cl)c1OCC(=O)O. The van der Waals surface area contributed by atoms with E-state index in [4.69, 9.17) is 26.2 Å². The van der Waals surface area contributed by atoms with Crippen LogP contribution in [0.3, 0.4) is 0 Å². The number of carbonyl (C=O) groups is 3. The molecule has 0 bridgehead atoms. The Kier molecular flexibility index (Phi) is 7.67. The molecule has 0 aliphatic carbocycles. The number of amides is 2. The van der Waals surface area contributed by atoms with Crippen molar-refractivity contribution in [2.24, 2.45) is 5.10 Å². The van der Waals surface area contributed by atoms with Crippen LogP contribution >= 0.6 is 11.6 Å². The van der Waals surface area contributed by atoms with Crippen LogP contribution in [0.15, 0.2) is 17.2 Å². The zero-order valence-electron chi connectivity index (χ0n) is 13.8. The molecule has 3 N–H and O–H groups in total. The molecule has 10 heteroatoms.